The van der Waals surface area contributed by atoms with E-state index in [0.29, 0.717) is 0 Å². The lowest BCUT2D eigenvalue weighted by atomic mass is 9.92. The van der Waals surface area contributed by atoms with Crippen molar-refractivity contribution in [2.45, 2.75) is 26.8 Å². The zero-order chi connectivity index (χ0) is 14.7. The van der Waals surface area contributed by atoms with Crippen molar-refractivity contribution >= 4 is 0 Å². The monoisotopic (exact) mass is 271 g/mol. The van der Waals surface area contributed by atoms with Crippen LogP contribution in [0, 0.1) is 20.8 Å². The van der Waals surface area contributed by atoms with Crippen LogP contribution in [0.2, 0.25) is 0 Å². The lowest BCUT2D eigenvalue weighted by molar-refractivity contribution is 0.411. The molecule has 4 heteroatoms. The quantitative estimate of drug-likeness (QED) is 0.663. The van der Waals surface area contributed by atoms with Crippen LogP contribution in [0.1, 0.15) is 33.9 Å². The highest BCUT2D eigenvalue weighted by atomic mass is 16.5. The van der Waals surface area contributed by atoms with Crippen LogP contribution in [0.4, 0.5) is 0 Å². The van der Waals surface area contributed by atoms with Gasteiger partial charge in [0.25, 0.3) is 0 Å². The fraction of sp³-hybridized carbons (Fsp3) is 0.312. The van der Waals surface area contributed by atoms with Crippen molar-refractivity contribution in [3.05, 3.63) is 58.4 Å². The van der Waals surface area contributed by atoms with E-state index in [2.05, 4.69) is 30.3 Å². The van der Waals surface area contributed by atoms with Crippen molar-refractivity contribution in [1.29, 1.82) is 0 Å². The van der Waals surface area contributed by atoms with Gasteiger partial charge < -0.3 is 4.74 Å². The molecule has 20 heavy (non-hydrogen) atoms. The summed E-state index contributed by atoms with van der Waals surface area (Å²) in [5, 5.41) is 0. The molecule has 4 nitrogen and oxygen atoms in total. The molecule has 1 heterocycles. The summed E-state index contributed by atoms with van der Waals surface area (Å²) in [5.41, 5.74) is 8.52. The molecule has 3 N–H and O–H groups in total. The average molecular weight is 271 g/mol. The molecule has 0 bridgehead atoms. The van der Waals surface area contributed by atoms with E-state index in [-0.39, 0.29) is 6.04 Å². The lowest BCUT2D eigenvalue weighted by Crippen LogP contribution is -2.30. The Morgan fingerprint density at radius 1 is 1.10 bits per heavy atom. The van der Waals surface area contributed by atoms with Gasteiger partial charge in [-0.25, -0.2) is 5.43 Å². The van der Waals surface area contributed by atoms with E-state index >= 15 is 0 Å². The summed E-state index contributed by atoms with van der Waals surface area (Å²) in [6.07, 6.45) is 3.65. The molecule has 1 aromatic heterocycles. The number of hydrazine groups is 1. The van der Waals surface area contributed by atoms with Gasteiger partial charge in [0.1, 0.15) is 5.75 Å². The van der Waals surface area contributed by atoms with Crippen LogP contribution in [-0.4, -0.2) is 12.1 Å². The summed E-state index contributed by atoms with van der Waals surface area (Å²) in [7, 11) is 1.69. The summed E-state index contributed by atoms with van der Waals surface area (Å²) in [6.45, 7) is 6.16. The minimum atomic E-state index is -0.0756. The molecule has 0 aliphatic carbocycles. The van der Waals surface area contributed by atoms with Crippen molar-refractivity contribution < 1.29 is 4.74 Å². The number of nitrogens with zero attached hydrogens (tertiary/aromatic N) is 1. The number of nitrogens with one attached hydrogen (secondary N) is 1. The predicted molar refractivity (Wildman–Crippen MR) is 80.6 cm³/mol. The van der Waals surface area contributed by atoms with Gasteiger partial charge in [0.2, 0.25) is 0 Å². The van der Waals surface area contributed by atoms with Crippen LogP contribution < -0.4 is 16.0 Å². The van der Waals surface area contributed by atoms with E-state index in [1.807, 2.05) is 25.3 Å². The smallest absolute Gasteiger partial charge is 0.122 e. The maximum atomic E-state index is 5.79. The number of nitrogens with two attached hydrogens (primary N) is 1. The van der Waals surface area contributed by atoms with Gasteiger partial charge in [-0.2, -0.15) is 0 Å². The highest BCUT2D eigenvalue weighted by molar-refractivity contribution is 5.46. The molecule has 1 atom stereocenters. The molecular formula is C16H21N3O. The second kappa shape index (κ2) is 6.03. The zero-order valence-electron chi connectivity index (χ0n) is 12.4. The zero-order valence-corrected chi connectivity index (χ0v) is 12.4. The molecule has 2 rings (SSSR count). The van der Waals surface area contributed by atoms with Crippen molar-refractivity contribution in [3.8, 4) is 5.75 Å². The van der Waals surface area contributed by atoms with Crippen LogP contribution >= 0.6 is 0 Å². The molecule has 0 fully saturated rings. The van der Waals surface area contributed by atoms with Crippen molar-refractivity contribution in [2.75, 3.05) is 7.11 Å². The molecule has 0 spiro atoms. The standard InChI is InChI=1S/C16H21N3O/c1-10-5-6-18-9-14(10)16(19-17)13-7-12(3)15(20-4)8-11(13)2/h5-9,16,19H,17H2,1-4H3. The minimum Gasteiger partial charge on any atom is -0.496 e. The van der Waals surface area contributed by atoms with Gasteiger partial charge in [0, 0.05) is 12.4 Å². The van der Waals surface area contributed by atoms with Gasteiger partial charge in [-0.05, 0) is 60.7 Å². The molecule has 1 aromatic carbocycles. The van der Waals surface area contributed by atoms with Gasteiger partial charge in [-0.15, -0.1) is 0 Å². The molecule has 0 aliphatic rings. The summed E-state index contributed by atoms with van der Waals surface area (Å²) < 4.78 is 5.36. The molecule has 0 amide bonds. The molecule has 106 valence electrons. The van der Waals surface area contributed by atoms with Gasteiger partial charge in [-0.3, -0.25) is 10.8 Å². The van der Waals surface area contributed by atoms with Gasteiger partial charge in [0.05, 0.1) is 13.2 Å². The number of benzene rings is 1. The minimum absolute atomic E-state index is 0.0756. The molecule has 0 radical (unpaired) electrons. The lowest BCUT2D eigenvalue weighted by Gasteiger charge is -2.22. The Morgan fingerprint density at radius 3 is 2.45 bits per heavy atom. The van der Waals surface area contributed by atoms with Crippen LogP contribution in [-0.2, 0) is 0 Å². The average Bonchev–Trinajstić information content (AvgIpc) is 2.45. The number of hydrogen-bond donors (Lipinski definition) is 2. The third-order valence-corrected chi connectivity index (χ3v) is 3.65. The molecule has 2 aromatic rings. The molecule has 0 saturated carbocycles. The second-order valence-corrected chi connectivity index (χ2v) is 5.01. The number of pyridine rings is 1. The SMILES string of the molecule is COc1cc(C)c(C(NN)c2cnccc2C)cc1C. The highest BCUT2D eigenvalue weighted by Gasteiger charge is 2.18. The van der Waals surface area contributed by atoms with Gasteiger partial charge in [0.15, 0.2) is 0 Å². The van der Waals surface area contributed by atoms with Gasteiger partial charge >= 0.3 is 0 Å². The predicted octanol–water partition coefficient (Wildman–Crippen LogP) is 2.57. The van der Waals surface area contributed by atoms with E-state index in [0.717, 1.165) is 33.6 Å². The molecule has 1 unspecified atom stereocenters. The number of rotatable bonds is 4. The Hall–Kier alpha value is -1.91. The third-order valence-electron chi connectivity index (χ3n) is 3.65. The topological polar surface area (TPSA) is 60.2 Å². The van der Waals surface area contributed by atoms with Crippen molar-refractivity contribution in [3.63, 3.8) is 0 Å². The Kier molecular flexibility index (Phi) is 4.37. The Bertz CT molecular complexity index is 611. The first kappa shape index (κ1) is 14.5. The first-order valence-corrected chi connectivity index (χ1v) is 6.60. The van der Waals surface area contributed by atoms with Crippen molar-refractivity contribution in [2.24, 2.45) is 5.84 Å². The first-order chi connectivity index (χ1) is 9.58. The van der Waals surface area contributed by atoms with Crippen LogP contribution in [0.5, 0.6) is 5.75 Å². The van der Waals surface area contributed by atoms with Crippen molar-refractivity contribution in [1.82, 2.24) is 10.4 Å². The number of aromatic nitrogens is 1. The second-order valence-electron chi connectivity index (χ2n) is 5.01. The van der Waals surface area contributed by atoms with E-state index < -0.39 is 0 Å². The Labute approximate surface area is 120 Å². The van der Waals surface area contributed by atoms with E-state index in [4.69, 9.17) is 10.6 Å². The fourth-order valence-corrected chi connectivity index (χ4v) is 2.47. The van der Waals surface area contributed by atoms with E-state index in [9.17, 15) is 0 Å². The summed E-state index contributed by atoms with van der Waals surface area (Å²) in [6, 6.07) is 6.07. The summed E-state index contributed by atoms with van der Waals surface area (Å²) in [5.74, 6) is 6.68. The van der Waals surface area contributed by atoms with Gasteiger partial charge in [-0.1, -0.05) is 6.07 Å². The number of methoxy groups -OCH3 is 1. The third kappa shape index (κ3) is 2.66. The normalized spacial score (nSPS) is 12.2. The number of aryl methyl sites for hydroxylation is 3. The Balaban J connectivity index is 2.53. The molecular weight excluding hydrogens is 250 g/mol. The maximum Gasteiger partial charge on any atom is 0.122 e. The van der Waals surface area contributed by atoms with Crippen LogP contribution in [0.3, 0.4) is 0 Å². The largest absolute Gasteiger partial charge is 0.496 e. The van der Waals surface area contributed by atoms with Crippen LogP contribution in [0.15, 0.2) is 30.6 Å². The molecule has 0 saturated heterocycles. The van der Waals surface area contributed by atoms with Crippen LogP contribution in [0.25, 0.3) is 0 Å². The highest BCUT2D eigenvalue weighted by Crippen LogP contribution is 2.30. The van der Waals surface area contributed by atoms with E-state index in [1.54, 1.807) is 13.3 Å². The first-order valence-electron chi connectivity index (χ1n) is 6.60. The number of hydrogen-bond acceptors (Lipinski definition) is 4. The molecule has 0 aliphatic heterocycles. The summed E-state index contributed by atoms with van der Waals surface area (Å²) in [4.78, 5) is 4.21. The van der Waals surface area contributed by atoms with E-state index in [1.165, 1.54) is 0 Å². The fourth-order valence-electron chi connectivity index (χ4n) is 2.47. The number of ether oxygens (including phenoxy) is 1. The maximum absolute atomic E-state index is 5.79. The summed E-state index contributed by atoms with van der Waals surface area (Å²) >= 11 is 0. The Morgan fingerprint density at radius 2 is 1.85 bits per heavy atom.